The molecule has 3 aliphatic heterocycles. The van der Waals surface area contributed by atoms with Crippen molar-refractivity contribution in [3.63, 3.8) is 0 Å². The monoisotopic (exact) mass is 759 g/mol. The first kappa shape index (κ1) is 45.8. The minimum Gasteiger partial charge on any atom is -0.462 e. The third-order valence-electron chi connectivity index (χ3n) is 11.7. The zero-order chi connectivity index (χ0) is 39.6. The molecule has 0 spiro atoms. The maximum absolute atomic E-state index is 13.6. The molecule has 0 aromatic rings. The third kappa shape index (κ3) is 12.5. The summed E-state index contributed by atoms with van der Waals surface area (Å²) < 4.78 is 42.1. The lowest BCUT2D eigenvalue weighted by atomic mass is 9.79. The molecule has 2 unspecified atom stereocenters. The normalized spacial score (nSPS) is 43.0. The van der Waals surface area contributed by atoms with Crippen LogP contribution in [0.15, 0.2) is 0 Å². The predicted octanol–water partition coefficient (Wildman–Crippen LogP) is 2.90. The largest absolute Gasteiger partial charge is 0.462 e. The van der Waals surface area contributed by atoms with Gasteiger partial charge in [0, 0.05) is 50.9 Å². The Morgan fingerprint density at radius 1 is 0.868 bits per heavy atom. The van der Waals surface area contributed by atoms with Crippen molar-refractivity contribution in [3.8, 4) is 0 Å². The molecule has 0 radical (unpaired) electrons. The Morgan fingerprint density at radius 2 is 1.55 bits per heavy atom. The number of esters is 1. The van der Waals surface area contributed by atoms with Crippen molar-refractivity contribution in [1.29, 1.82) is 0 Å². The van der Waals surface area contributed by atoms with Crippen LogP contribution in [-0.4, -0.2) is 147 Å². The maximum atomic E-state index is 13.6. The summed E-state index contributed by atoms with van der Waals surface area (Å²) in [5.74, 6) is -2.37. The van der Waals surface area contributed by atoms with E-state index in [4.69, 9.17) is 33.2 Å². The molecular formula is C39H69NO13. The van der Waals surface area contributed by atoms with Crippen LogP contribution in [0.25, 0.3) is 0 Å². The molecule has 3 heterocycles. The van der Waals surface area contributed by atoms with Crippen LogP contribution in [0.1, 0.15) is 92.9 Å². The van der Waals surface area contributed by atoms with Gasteiger partial charge in [-0.25, -0.2) is 0 Å². The molecule has 0 aliphatic carbocycles. The van der Waals surface area contributed by atoms with Crippen molar-refractivity contribution >= 4 is 18.0 Å². The molecule has 0 saturated carbocycles. The Balaban J connectivity index is 1.90. The standard InChI is InChI=1S/C39H69NO13/c1-11-31-27(20-49-39-37(48-10)36(47-9)33(45)25(6)51-39)16-21(2)12-13-29(42)22(3)17-26(14-15-41)35(24(5)30(43)19-32(44)52-31)53-38-34(46)28(40(7)8)18-23(4)50-38/h15,21-28,30-31,33-39,43,45-46H,11-14,16-20H2,1-10H3/t21?,22-,23-,24+,25-,26+,27?,28+,30-,31-,33-,34-,35-,36-,37-,38+,39-/m1/s1. The number of aliphatic hydroxyl groups is 3. The Bertz CT molecular complexity index is 1130. The lowest BCUT2D eigenvalue weighted by molar-refractivity contribution is -0.305. The van der Waals surface area contributed by atoms with Gasteiger partial charge < -0.3 is 58.2 Å². The van der Waals surface area contributed by atoms with Gasteiger partial charge in [-0.15, -0.1) is 0 Å². The van der Waals surface area contributed by atoms with E-state index in [1.165, 1.54) is 14.2 Å². The fraction of sp³-hybridized carbons (Fsp3) is 0.923. The van der Waals surface area contributed by atoms with Crippen molar-refractivity contribution in [2.45, 2.75) is 166 Å². The summed E-state index contributed by atoms with van der Waals surface area (Å²) in [6.45, 7) is 11.3. The van der Waals surface area contributed by atoms with Crippen LogP contribution < -0.4 is 0 Å². The van der Waals surface area contributed by atoms with E-state index in [-0.39, 0.29) is 49.2 Å². The fourth-order valence-electron chi connectivity index (χ4n) is 8.31. The maximum Gasteiger partial charge on any atom is 0.308 e. The van der Waals surface area contributed by atoms with E-state index in [2.05, 4.69) is 6.92 Å². The van der Waals surface area contributed by atoms with Crippen LogP contribution in [0.2, 0.25) is 0 Å². The second kappa shape index (κ2) is 21.6. The minimum atomic E-state index is -1.23. The van der Waals surface area contributed by atoms with Crippen molar-refractivity contribution in [1.82, 2.24) is 4.90 Å². The Labute approximate surface area is 316 Å². The van der Waals surface area contributed by atoms with Gasteiger partial charge in [-0.05, 0) is 71.9 Å². The molecule has 3 N–H and O–H groups in total. The molecule has 3 aliphatic rings. The molecule has 3 rings (SSSR count). The third-order valence-corrected chi connectivity index (χ3v) is 11.7. The first-order valence-electron chi connectivity index (χ1n) is 19.6. The van der Waals surface area contributed by atoms with Gasteiger partial charge in [-0.2, -0.15) is 0 Å². The van der Waals surface area contributed by atoms with Gasteiger partial charge in [-0.1, -0.05) is 27.7 Å². The highest BCUT2D eigenvalue weighted by Gasteiger charge is 2.46. The van der Waals surface area contributed by atoms with Crippen molar-refractivity contribution in [2.24, 2.45) is 29.6 Å². The quantitative estimate of drug-likeness (QED) is 0.207. The number of methoxy groups -OCH3 is 2. The number of nitrogens with zero attached hydrogens (tertiary/aromatic N) is 1. The average molecular weight is 760 g/mol. The fourth-order valence-corrected chi connectivity index (χ4v) is 8.31. The van der Waals surface area contributed by atoms with E-state index in [0.717, 1.165) is 6.29 Å². The lowest BCUT2D eigenvalue weighted by Crippen LogP contribution is -2.59. The van der Waals surface area contributed by atoms with E-state index in [1.807, 2.05) is 39.8 Å². The first-order chi connectivity index (χ1) is 25.1. The van der Waals surface area contributed by atoms with Gasteiger partial charge in [-0.3, -0.25) is 9.59 Å². The number of ketones is 1. The highest BCUT2D eigenvalue weighted by atomic mass is 16.7. The van der Waals surface area contributed by atoms with Crippen molar-refractivity contribution < 1.29 is 62.9 Å². The van der Waals surface area contributed by atoms with Crippen LogP contribution >= 0.6 is 0 Å². The van der Waals surface area contributed by atoms with Gasteiger partial charge in [0.15, 0.2) is 12.6 Å². The van der Waals surface area contributed by atoms with Crippen LogP contribution in [0.5, 0.6) is 0 Å². The molecule has 3 fully saturated rings. The summed E-state index contributed by atoms with van der Waals surface area (Å²) in [6.07, 6.45) is -5.26. The number of ether oxygens (including phenoxy) is 7. The minimum absolute atomic E-state index is 0.0578. The van der Waals surface area contributed by atoms with Gasteiger partial charge in [0.05, 0.1) is 37.4 Å². The number of rotatable bonds is 11. The smallest absolute Gasteiger partial charge is 0.308 e. The Morgan fingerprint density at radius 3 is 2.15 bits per heavy atom. The number of hydrogen-bond acceptors (Lipinski definition) is 14. The zero-order valence-corrected chi connectivity index (χ0v) is 33.6. The predicted molar refractivity (Wildman–Crippen MR) is 195 cm³/mol. The van der Waals surface area contributed by atoms with Gasteiger partial charge in [0.1, 0.15) is 42.6 Å². The second-order valence-corrected chi connectivity index (χ2v) is 16.1. The van der Waals surface area contributed by atoms with E-state index in [9.17, 15) is 29.7 Å². The molecule has 3 saturated heterocycles. The molecular weight excluding hydrogens is 690 g/mol. The van der Waals surface area contributed by atoms with Gasteiger partial charge in [0.2, 0.25) is 0 Å². The highest BCUT2D eigenvalue weighted by Crippen LogP contribution is 2.35. The molecule has 308 valence electrons. The molecule has 0 bridgehead atoms. The molecule has 17 atom stereocenters. The number of likely N-dealkylation sites (N-methyl/N-ethyl adjacent to an activating group) is 1. The summed E-state index contributed by atoms with van der Waals surface area (Å²) in [5, 5.41) is 33.5. The van der Waals surface area contributed by atoms with Gasteiger partial charge >= 0.3 is 5.97 Å². The molecule has 14 nitrogen and oxygen atoms in total. The van der Waals surface area contributed by atoms with Crippen molar-refractivity contribution in [3.05, 3.63) is 0 Å². The summed E-state index contributed by atoms with van der Waals surface area (Å²) in [6, 6.07) is -0.249. The second-order valence-electron chi connectivity index (χ2n) is 16.1. The zero-order valence-electron chi connectivity index (χ0n) is 33.6. The first-order valence-corrected chi connectivity index (χ1v) is 19.6. The summed E-state index contributed by atoms with van der Waals surface area (Å²) >= 11 is 0. The number of aliphatic hydroxyl groups excluding tert-OH is 3. The average Bonchev–Trinajstić information content (AvgIpc) is 3.11. The van der Waals surface area contributed by atoms with E-state index < -0.39 is 85.1 Å². The number of hydrogen-bond donors (Lipinski definition) is 3. The summed E-state index contributed by atoms with van der Waals surface area (Å²) in [7, 11) is 6.74. The lowest BCUT2D eigenvalue weighted by Gasteiger charge is -2.44. The summed E-state index contributed by atoms with van der Waals surface area (Å²) in [4.78, 5) is 41.2. The van der Waals surface area contributed by atoms with Crippen LogP contribution in [0.3, 0.4) is 0 Å². The number of cyclic esters (lactones) is 1. The van der Waals surface area contributed by atoms with Crippen LogP contribution in [-0.2, 0) is 47.5 Å². The molecule has 0 amide bonds. The van der Waals surface area contributed by atoms with Crippen molar-refractivity contribution in [2.75, 3.05) is 34.9 Å². The van der Waals surface area contributed by atoms with Crippen LogP contribution in [0, 0.1) is 29.6 Å². The Kier molecular flexibility index (Phi) is 18.7. The number of aldehydes is 1. The van der Waals surface area contributed by atoms with E-state index >= 15 is 0 Å². The van der Waals surface area contributed by atoms with Crippen LogP contribution in [0.4, 0.5) is 0 Å². The molecule has 53 heavy (non-hydrogen) atoms. The number of carbonyl (C=O) groups excluding carboxylic acids is 3. The Hall–Kier alpha value is -1.59. The van der Waals surface area contributed by atoms with Gasteiger partial charge in [0.25, 0.3) is 0 Å². The SMILES string of the molecule is CC[C@H]1OC(=O)C[C@@H](O)[C@H](C)[C@@H](O[C@@H]2O[C@H](C)C[C@H](N(C)C)[C@H]2O)[C@@H](CC=O)C[C@@H](C)C(=O)CCC(C)CC1CO[C@@H]1O[C@H](C)[C@@H](O)[C@@H](OC)[C@H]1OC. The highest BCUT2D eigenvalue weighted by molar-refractivity contribution is 5.80. The molecule has 0 aromatic heterocycles. The number of Topliss-reactive ketones (excluding diaryl/α,β-unsaturated/α-hetero) is 1. The van der Waals surface area contributed by atoms with E-state index in [1.54, 1.807) is 13.8 Å². The molecule has 0 aromatic carbocycles. The topological polar surface area (TPSA) is 180 Å². The summed E-state index contributed by atoms with van der Waals surface area (Å²) in [5.41, 5.74) is 0. The number of carbonyl (C=O) groups is 3. The molecule has 14 heteroatoms. The van der Waals surface area contributed by atoms with E-state index in [0.29, 0.717) is 38.5 Å².